The van der Waals surface area contributed by atoms with Gasteiger partial charge in [0.15, 0.2) is 23.9 Å². The molecule has 7 heteroatoms. The van der Waals surface area contributed by atoms with E-state index >= 15 is 0 Å². The van der Waals surface area contributed by atoms with Crippen molar-refractivity contribution >= 4 is 29.0 Å². The van der Waals surface area contributed by atoms with Gasteiger partial charge in [-0.15, -0.1) is 0 Å². The first-order valence-electron chi connectivity index (χ1n) is 9.10. The summed E-state index contributed by atoms with van der Waals surface area (Å²) in [5.74, 6) is 1.48. The second-order valence-electron chi connectivity index (χ2n) is 6.32. The number of methoxy groups -OCH3 is 1. The summed E-state index contributed by atoms with van der Waals surface area (Å²) in [5, 5.41) is 3.25. The van der Waals surface area contributed by atoms with Gasteiger partial charge in [-0.05, 0) is 61.5 Å². The number of carbonyl (C=O) groups is 2. The van der Waals surface area contributed by atoms with Crippen molar-refractivity contribution in [2.24, 2.45) is 0 Å². The van der Waals surface area contributed by atoms with Crippen LogP contribution >= 0.6 is 11.6 Å². The maximum absolute atomic E-state index is 12.2. The van der Waals surface area contributed by atoms with E-state index in [2.05, 4.69) is 5.32 Å². The number of Topliss-reactive ketones (excluding diaryl/α,β-unsaturated/α-hetero) is 1. The molecule has 0 atom stereocenters. The molecule has 0 fully saturated rings. The Morgan fingerprint density at radius 3 is 2.33 bits per heavy atom. The molecule has 0 aliphatic heterocycles. The van der Waals surface area contributed by atoms with E-state index in [9.17, 15) is 9.59 Å². The first kappa shape index (κ1) is 21.2. The molecule has 0 aliphatic rings. The smallest absolute Gasteiger partial charge is 0.262 e. The third-order valence-corrected chi connectivity index (χ3v) is 4.44. The Morgan fingerprint density at radius 2 is 1.67 bits per heavy atom. The highest BCUT2D eigenvalue weighted by atomic mass is 35.5. The average Bonchev–Trinajstić information content (AvgIpc) is 2.75. The van der Waals surface area contributed by atoms with E-state index in [1.165, 1.54) is 14.0 Å². The number of benzene rings is 3. The van der Waals surface area contributed by atoms with Crippen molar-refractivity contribution in [3.8, 4) is 23.0 Å². The van der Waals surface area contributed by atoms with Crippen LogP contribution in [0.3, 0.4) is 0 Å². The van der Waals surface area contributed by atoms with Gasteiger partial charge in [0.25, 0.3) is 5.91 Å². The Balaban J connectivity index is 1.56. The molecule has 0 aromatic heterocycles. The lowest BCUT2D eigenvalue weighted by atomic mass is 10.1. The molecule has 1 N–H and O–H groups in total. The van der Waals surface area contributed by atoms with E-state index in [4.69, 9.17) is 25.8 Å². The lowest BCUT2D eigenvalue weighted by Crippen LogP contribution is -2.20. The van der Waals surface area contributed by atoms with Crippen molar-refractivity contribution < 1.29 is 23.8 Å². The fraction of sp³-hybridized carbons (Fsp3) is 0.130. The van der Waals surface area contributed by atoms with E-state index in [0.29, 0.717) is 39.3 Å². The number of hydrogen-bond donors (Lipinski definition) is 1. The van der Waals surface area contributed by atoms with Crippen molar-refractivity contribution in [1.82, 2.24) is 0 Å². The van der Waals surface area contributed by atoms with Crippen molar-refractivity contribution in [3.05, 3.63) is 77.3 Å². The highest BCUT2D eigenvalue weighted by Crippen LogP contribution is 2.30. The van der Waals surface area contributed by atoms with Crippen molar-refractivity contribution in [2.45, 2.75) is 6.92 Å². The van der Waals surface area contributed by atoms with Gasteiger partial charge in [-0.25, -0.2) is 0 Å². The number of nitrogens with one attached hydrogen (secondary N) is 1. The van der Waals surface area contributed by atoms with Gasteiger partial charge in [0.1, 0.15) is 11.5 Å². The largest absolute Gasteiger partial charge is 0.493 e. The van der Waals surface area contributed by atoms with Crippen LogP contribution in [0.15, 0.2) is 66.7 Å². The summed E-state index contributed by atoms with van der Waals surface area (Å²) in [6, 6.07) is 18.8. The molecular weight excluding hydrogens is 406 g/mol. The van der Waals surface area contributed by atoms with Crippen LogP contribution in [0.5, 0.6) is 23.0 Å². The third-order valence-electron chi connectivity index (χ3n) is 4.13. The number of para-hydroxylation sites is 1. The third kappa shape index (κ3) is 5.52. The molecule has 6 nitrogen and oxygen atoms in total. The monoisotopic (exact) mass is 425 g/mol. The second kappa shape index (κ2) is 9.80. The van der Waals surface area contributed by atoms with Crippen LogP contribution in [0, 0.1) is 0 Å². The van der Waals surface area contributed by atoms with Gasteiger partial charge in [-0.3, -0.25) is 9.59 Å². The quantitative estimate of drug-likeness (QED) is 0.492. The first-order valence-corrected chi connectivity index (χ1v) is 9.48. The lowest BCUT2D eigenvalue weighted by Gasteiger charge is -2.12. The van der Waals surface area contributed by atoms with Gasteiger partial charge in [0.2, 0.25) is 0 Å². The lowest BCUT2D eigenvalue weighted by molar-refractivity contribution is -0.118. The number of halogens is 1. The molecule has 0 saturated carbocycles. The summed E-state index contributed by atoms with van der Waals surface area (Å²) in [6.07, 6.45) is 0. The Morgan fingerprint density at radius 1 is 0.933 bits per heavy atom. The maximum atomic E-state index is 12.2. The van der Waals surface area contributed by atoms with Crippen LogP contribution in [-0.4, -0.2) is 25.4 Å². The molecule has 0 unspecified atom stereocenters. The molecule has 0 aliphatic carbocycles. The zero-order valence-electron chi connectivity index (χ0n) is 16.5. The summed E-state index contributed by atoms with van der Waals surface area (Å²) < 4.78 is 16.5. The first-order chi connectivity index (χ1) is 14.5. The predicted octanol–water partition coefficient (Wildman–Crippen LogP) is 5.36. The van der Waals surface area contributed by atoms with Crippen LogP contribution in [-0.2, 0) is 4.79 Å². The maximum Gasteiger partial charge on any atom is 0.262 e. The summed E-state index contributed by atoms with van der Waals surface area (Å²) in [6.45, 7) is 1.25. The SMILES string of the molecule is COc1cc(C(C)=O)ccc1OCC(=O)Nc1ccc(Oc2ccccc2Cl)cc1. The minimum atomic E-state index is -0.340. The van der Waals surface area contributed by atoms with Crippen LogP contribution in [0.4, 0.5) is 5.69 Å². The van der Waals surface area contributed by atoms with Gasteiger partial charge >= 0.3 is 0 Å². The number of ketones is 1. The molecule has 154 valence electrons. The topological polar surface area (TPSA) is 73.9 Å². The number of amides is 1. The zero-order chi connectivity index (χ0) is 21.5. The molecular formula is C23H20ClNO5. The highest BCUT2D eigenvalue weighted by molar-refractivity contribution is 6.32. The molecule has 3 aromatic rings. The van der Waals surface area contributed by atoms with E-state index in [-0.39, 0.29) is 18.3 Å². The molecule has 0 spiro atoms. The Labute approximate surface area is 179 Å². The highest BCUT2D eigenvalue weighted by Gasteiger charge is 2.11. The number of carbonyl (C=O) groups excluding carboxylic acids is 2. The minimum Gasteiger partial charge on any atom is -0.493 e. The Hall–Kier alpha value is -3.51. The zero-order valence-corrected chi connectivity index (χ0v) is 17.2. The molecule has 1 amide bonds. The van der Waals surface area contributed by atoms with E-state index in [1.54, 1.807) is 54.6 Å². The fourth-order valence-electron chi connectivity index (χ4n) is 2.61. The number of rotatable bonds is 8. The number of anilines is 1. The van der Waals surface area contributed by atoms with Crippen molar-refractivity contribution in [2.75, 3.05) is 19.0 Å². The standard InChI is InChI=1S/C23H20ClNO5/c1-15(26)16-7-12-21(22(13-16)28-2)29-14-23(27)25-17-8-10-18(11-9-17)30-20-6-4-3-5-19(20)24/h3-13H,14H2,1-2H3,(H,25,27). The van der Waals surface area contributed by atoms with E-state index in [0.717, 1.165) is 0 Å². The predicted molar refractivity (Wildman–Crippen MR) is 115 cm³/mol. The number of hydrogen-bond acceptors (Lipinski definition) is 5. The normalized spacial score (nSPS) is 10.2. The van der Waals surface area contributed by atoms with Gasteiger partial charge in [0, 0.05) is 11.3 Å². The Kier molecular flexibility index (Phi) is 6.93. The van der Waals surface area contributed by atoms with Crippen LogP contribution < -0.4 is 19.5 Å². The van der Waals surface area contributed by atoms with Gasteiger partial charge in [0.05, 0.1) is 12.1 Å². The second-order valence-corrected chi connectivity index (χ2v) is 6.72. The van der Waals surface area contributed by atoms with E-state index < -0.39 is 0 Å². The molecule has 0 saturated heterocycles. The Bertz CT molecular complexity index is 1050. The summed E-state index contributed by atoms with van der Waals surface area (Å²) in [7, 11) is 1.47. The van der Waals surface area contributed by atoms with Crippen LogP contribution in [0.2, 0.25) is 5.02 Å². The van der Waals surface area contributed by atoms with Crippen LogP contribution in [0.1, 0.15) is 17.3 Å². The van der Waals surface area contributed by atoms with Gasteiger partial charge in [-0.1, -0.05) is 23.7 Å². The number of ether oxygens (including phenoxy) is 3. The fourth-order valence-corrected chi connectivity index (χ4v) is 2.78. The molecule has 0 heterocycles. The minimum absolute atomic E-state index is 0.0837. The average molecular weight is 426 g/mol. The molecule has 0 radical (unpaired) electrons. The van der Waals surface area contributed by atoms with Crippen molar-refractivity contribution in [1.29, 1.82) is 0 Å². The molecule has 3 rings (SSSR count). The molecule has 3 aromatic carbocycles. The summed E-state index contributed by atoms with van der Waals surface area (Å²) >= 11 is 6.08. The van der Waals surface area contributed by atoms with Crippen LogP contribution in [0.25, 0.3) is 0 Å². The molecule has 0 bridgehead atoms. The summed E-state index contributed by atoms with van der Waals surface area (Å²) in [5.41, 5.74) is 1.09. The van der Waals surface area contributed by atoms with Gasteiger partial charge in [-0.2, -0.15) is 0 Å². The summed E-state index contributed by atoms with van der Waals surface area (Å²) in [4.78, 5) is 23.7. The van der Waals surface area contributed by atoms with E-state index in [1.807, 2.05) is 12.1 Å². The van der Waals surface area contributed by atoms with Crippen molar-refractivity contribution in [3.63, 3.8) is 0 Å². The molecule has 30 heavy (non-hydrogen) atoms. The van der Waals surface area contributed by atoms with Gasteiger partial charge < -0.3 is 19.5 Å².